The molecule has 0 heterocycles. The number of hydrogen-bond donors (Lipinski definition) is 3. The van der Waals surface area contributed by atoms with Gasteiger partial charge >= 0.3 is 0 Å². The summed E-state index contributed by atoms with van der Waals surface area (Å²) < 4.78 is 33.9. The standard InChI is InChI=1S/C19H12Cl4O5S/c20-12-8-4-7-11(17(12)24)19(29(26,27)28,10-5-2-1-3-6-10)15-13(21)9-14(22)16(23)18(15)25/h1-9,24-25H,(H,26,27,28). The van der Waals surface area contributed by atoms with E-state index in [1.807, 2.05) is 0 Å². The van der Waals surface area contributed by atoms with Crippen molar-refractivity contribution in [2.45, 2.75) is 4.75 Å². The van der Waals surface area contributed by atoms with Gasteiger partial charge in [0.2, 0.25) is 0 Å². The molecule has 1 unspecified atom stereocenters. The smallest absolute Gasteiger partial charge is 0.283 e. The molecule has 5 nitrogen and oxygen atoms in total. The second-order valence-corrected chi connectivity index (χ2v) is 9.20. The molecule has 0 aliphatic heterocycles. The second kappa shape index (κ2) is 7.87. The number of halogens is 4. The summed E-state index contributed by atoms with van der Waals surface area (Å²) in [6.07, 6.45) is 0. The highest BCUT2D eigenvalue weighted by molar-refractivity contribution is 7.87. The van der Waals surface area contributed by atoms with Gasteiger partial charge in [-0.05, 0) is 17.7 Å². The molecule has 0 spiro atoms. The molecule has 3 N–H and O–H groups in total. The SMILES string of the molecule is O=S(=O)(O)C(c1ccccc1)(c1cccc(Cl)c1O)c1c(Cl)cc(Cl)c(Cl)c1O. The van der Waals surface area contributed by atoms with Crippen molar-refractivity contribution in [3.63, 3.8) is 0 Å². The highest BCUT2D eigenvalue weighted by Gasteiger charge is 2.53. The lowest BCUT2D eigenvalue weighted by Crippen LogP contribution is -2.38. The van der Waals surface area contributed by atoms with E-state index in [1.165, 1.54) is 42.5 Å². The topological polar surface area (TPSA) is 94.8 Å². The first-order valence-corrected chi connectivity index (χ1v) is 10.9. The Bertz CT molecular complexity index is 1200. The van der Waals surface area contributed by atoms with Crippen molar-refractivity contribution in [3.05, 3.63) is 91.4 Å². The summed E-state index contributed by atoms with van der Waals surface area (Å²) in [5, 5.41) is 20.4. The Kier molecular flexibility index (Phi) is 5.98. The third-order valence-corrected chi connectivity index (χ3v) is 7.25. The first-order valence-electron chi connectivity index (χ1n) is 7.91. The average molecular weight is 494 g/mol. The molecular formula is C19H12Cl4O5S. The van der Waals surface area contributed by atoms with Crippen molar-refractivity contribution in [2.24, 2.45) is 0 Å². The normalized spacial score (nSPS) is 13.8. The molecule has 29 heavy (non-hydrogen) atoms. The summed E-state index contributed by atoms with van der Waals surface area (Å²) in [6.45, 7) is 0. The van der Waals surface area contributed by atoms with Crippen LogP contribution in [0.3, 0.4) is 0 Å². The molecule has 152 valence electrons. The molecule has 3 aromatic carbocycles. The maximum Gasteiger partial charge on any atom is 0.283 e. The van der Waals surface area contributed by atoms with E-state index in [0.29, 0.717) is 0 Å². The van der Waals surface area contributed by atoms with Gasteiger partial charge in [-0.1, -0.05) is 88.9 Å². The van der Waals surface area contributed by atoms with E-state index >= 15 is 0 Å². The summed E-state index contributed by atoms with van der Waals surface area (Å²) >= 11 is 24.3. The number of rotatable bonds is 4. The first-order chi connectivity index (χ1) is 13.5. The maximum atomic E-state index is 13.0. The number of benzene rings is 3. The molecule has 0 aromatic heterocycles. The highest BCUT2D eigenvalue weighted by atomic mass is 35.5. The van der Waals surface area contributed by atoms with Crippen LogP contribution >= 0.6 is 46.4 Å². The molecule has 0 saturated heterocycles. The zero-order valence-electron chi connectivity index (χ0n) is 14.3. The highest BCUT2D eigenvalue weighted by Crippen LogP contribution is 2.55. The van der Waals surface area contributed by atoms with Crippen LogP contribution < -0.4 is 0 Å². The summed E-state index contributed by atoms with van der Waals surface area (Å²) in [5.41, 5.74) is -0.857. The van der Waals surface area contributed by atoms with Gasteiger partial charge < -0.3 is 10.2 Å². The van der Waals surface area contributed by atoms with Crippen molar-refractivity contribution >= 4 is 56.5 Å². The van der Waals surface area contributed by atoms with Crippen molar-refractivity contribution < 1.29 is 23.2 Å². The second-order valence-electron chi connectivity index (χ2n) is 6.04. The fourth-order valence-corrected chi connectivity index (χ4v) is 5.56. The molecule has 0 aliphatic carbocycles. The Labute approximate surface area is 186 Å². The number of phenolic OH excluding ortho intramolecular Hbond substituents is 2. The molecule has 0 radical (unpaired) electrons. The predicted molar refractivity (Wildman–Crippen MR) is 114 cm³/mol. The van der Waals surface area contributed by atoms with Crippen LogP contribution in [0.4, 0.5) is 0 Å². The third kappa shape index (κ3) is 3.44. The maximum absolute atomic E-state index is 13.0. The largest absolute Gasteiger partial charge is 0.506 e. The van der Waals surface area contributed by atoms with E-state index in [0.717, 1.165) is 6.07 Å². The molecule has 0 fully saturated rings. The molecule has 3 rings (SSSR count). The molecule has 0 amide bonds. The summed E-state index contributed by atoms with van der Waals surface area (Å²) in [7, 11) is -5.16. The minimum atomic E-state index is -5.16. The van der Waals surface area contributed by atoms with Crippen LogP contribution in [0.15, 0.2) is 54.6 Å². The molecule has 1 atom stereocenters. The summed E-state index contributed by atoms with van der Waals surface area (Å²) in [4.78, 5) is 0. The Morgan fingerprint density at radius 1 is 0.759 bits per heavy atom. The number of para-hydroxylation sites is 1. The van der Waals surface area contributed by atoms with Gasteiger partial charge in [0, 0.05) is 11.1 Å². The van der Waals surface area contributed by atoms with Gasteiger partial charge in [0.05, 0.1) is 15.1 Å². The lowest BCUT2D eigenvalue weighted by molar-refractivity contribution is 0.428. The number of hydrogen-bond acceptors (Lipinski definition) is 4. The fraction of sp³-hybridized carbons (Fsp3) is 0.0526. The Hall–Kier alpha value is -1.67. The monoisotopic (exact) mass is 492 g/mol. The molecule has 0 aliphatic rings. The van der Waals surface area contributed by atoms with Gasteiger partial charge in [0.1, 0.15) is 16.5 Å². The van der Waals surface area contributed by atoms with E-state index in [2.05, 4.69) is 0 Å². The van der Waals surface area contributed by atoms with Crippen LogP contribution in [0, 0.1) is 0 Å². The molecule has 0 bridgehead atoms. The molecule has 0 saturated carbocycles. The lowest BCUT2D eigenvalue weighted by atomic mass is 9.83. The molecule has 3 aromatic rings. The van der Waals surface area contributed by atoms with E-state index < -0.39 is 31.9 Å². The molecule has 10 heteroatoms. The predicted octanol–water partition coefficient (Wildman–Crippen LogP) is 5.89. The van der Waals surface area contributed by atoms with Crippen LogP contribution in [0.25, 0.3) is 0 Å². The number of aromatic hydroxyl groups is 2. The first kappa shape index (κ1) is 22.0. The van der Waals surface area contributed by atoms with Crippen molar-refractivity contribution in [2.75, 3.05) is 0 Å². The minimum absolute atomic E-state index is 0.0318. The average Bonchev–Trinajstić information content (AvgIpc) is 2.66. The zero-order chi connectivity index (χ0) is 21.6. The van der Waals surface area contributed by atoms with Gasteiger partial charge in [0.15, 0.2) is 4.75 Å². The van der Waals surface area contributed by atoms with Gasteiger partial charge in [-0.25, -0.2) is 0 Å². The molecular weight excluding hydrogens is 482 g/mol. The van der Waals surface area contributed by atoms with Crippen LogP contribution in [-0.2, 0) is 14.9 Å². The van der Waals surface area contributed by atoms with Crippen molar-refractivity contribution in [1.82, 2.24) is 0 Å². The van der Waals surface area contributed by atoms with Gasteiger partial charge in [-0.2, -0.15) is 8.42 Å². The van der Waals surface area contributed by atoms with Crippen LogP contribution in [0.5, 0.6) is 11.5 Å². The van der Waals surface area contributed by atoms with E-state index in [9.17, 15) is 23.2 Å². The number of phenols is 2. The van der Waals surface area contributed by atoms with Crippen molar-refractivity contribution in [3.8, 4) is 11.5 Å². The quantitative estimate of drug-likeness (QED) is 0.239. The van der Waals surface area contributed by atoms with E-state index in [4.69, 9.17) is 46.4 Å². The lowest BCUT2D eigenvalue weighted by Gasteiger charge is -2.34. The van der Waals surface area contributed by atoms with Gasteiger partial charge in [-0.3, -0.25) is 4.55 Å². The Morgan fingerprint density at radius 3 is 1.97 bits per heavy atom. The van der Waals surface area contributed by atoms with Crippen molar-refractivity contribution in [1.29, 1.82) is 0 Å². The van der Waals surface area contributed by atoms with E-state index in [-0.39, 0.29) is 31.2 Å². The van der Waals surface area contributed by atoms with Gasteiger partial charge in [-0.15, -0.1) is 0 Å². The minimum Gasteiger partial charge on any atom is -0.506 e. The summed E-state index contributed by atoms with van der Waals surface area (Å²) in [6, 6.07) is 12.5. The van der Waals surface area contributed by atoms with Gasteiger partial charge in [0.25, 0.3) is 10.1 Å². The zero-order valence-corrected chi connectivity index (χ0v) is 18.1. The van der Waals surface area contributed by atoms with E-state index in [1.54, 1.807) is 6.07 Å². The fourth-order valence-electron chi connectivity index (χ4n) is 3.24. The Morgan fingerprint density at radius 2 is 1.38 bits per heavy atom. The van der Waals surface area contributed by atoms with Crippen LogP contribution in [-0.4, -0.2) is 23.2 Å². The van der Waals surface area contributed by atoms with Crippen LogP contribution in [0.2, 0.25) is 20.1 Å². The summed E-state index contributed by atoms with van der Waals surface area (Å²) in [5.74, 6) is -1.40. The van der Waals surface area contributed by atoms with Crippen LogP contribution in [0.1, 0.15) is 16.7 Å². The third-order valence-electron chi connectivity index (χ3n) is 4.43. The Balaban J connectivity index is 2.67.